The van der Waals surface area contributed by atoms with Crippen LogP contribution in [0.3, 0.4) is 0 Å². The summed E-state index contributed by atoms with van der Waals surface area (Å²) >= 11 is 5.70. The van der Waals surface area contributed by atoms with Crippen LogP contribution in [-0.2, 0) is 4.84 Å². The van der Waals surface area contributed by atoms with Gasteiger partial charge in [0.2, 0.25) is 0 Å². The van der Waals surface area contributed by atoms with Gasteiger partial charge in [-0.25, -0.2) is 10.3 Å². The summed E-state index contributed by atoms with van der Waals surface area (Å²) in [6.07, 6.45) is 0. The van der Waals surface area contributed by atoms with Crippen LogP contribution >= 0.6 is 11.6 Å². The van der Waals surface area contributed by atoms with E-state index in [2.05, 4.69) is 5.48 Å². The van der Waals surface area contributed by atoms with Crippen LogP contribution in [0.4, 0.5) is 0 Å². The van der Waals surface area contributed by atoms with E-state index in [9.17, 15) is 9.59 Å². The third-order valence-corrected chi connectivity index (χ3v) is 2.24. The van der Waals surface area contributed by atoms with Gasteiger partial charge < -0.3 is 5.11 Å². The Hall–Kier alpha value is -1.59. The number of halogens is 1. The molecule has 2 N–H and O–H groups in total. The SMILES string of the molecule is CC(C)(C)ONC(=O)c1ccc(Cl)c(C(=O)O)c1. The zero-order chi connectivity index (χ0) is 13.9. The highest BCUT2D eigenvalue weighted by Crippen LogP contribution is 2.17. The summed E-state index contributed by atoms with van der Waals surface area (Å²) in [4.78, 5) is 27.7. The highest BCUT2D eigenvalue weighted by Gasteiger charge is 2.16. The molecule has 1 aromatic carbocycles. The number of benzene rings is 1. The number of aromatic carboxylic acids is 1. The largest absolute Gasteiger partial charge is 0.478 e. The predicted octanol–water partition coefficient (Wildman–Crippen LogP) is 2.50. The lowest BCUT2D eigenvalue weighted by Crippen LogP contribution is -2.33. The van der Waals surface area contributed by atoms with Crippen LogP contribution in [0.15, 0.2) is 18.2 Å². The average Bonchev–Trinajstić information content (AvgIpc) is 2.25. The quantitative estimate of drug-likeness (QED) is 0.828. The van der Waals surface area contributed by atoms with Gasteiger partial charge in [0.25, 0.3) is 5.91 Å². The van der Waals surface area contributed by atoms with E-state index in [0.29, 0.717) is 0 Å². The fraction of sp³-hybridized carbons (Fsp3) is 0.333. The van der Waals surface area contributed by atoms with E-state index in [1.807, 2.05) is 0 Å². The van der Waals surface area contributed by atoms with Crippen molar-refractivity contribution in [2.45, 2.75) is 26.4 Å². The van der Waals surface area contributed by atoms with Crippen LogP contribution in [0.2, 0.25) is 5.02 Å². The minimum absolute atomic E-state index is 0.0794. The lowest BCUT2D eigenvalue weighted by molar-refractivity contribution is -0.0589. The van der Waals surface area contributed by atoms with Gasteiger partial charge in [0.05, 0.1) is 16.2 Å². The molecule has 0 spiro atoms. The van der Waals surface area contributed by atoms with Gasteiger partial charge in [-0.15, -0.1) is 0 Å². The molecule has 0 saturated heterocycles. The predicted molar refractivity (Wildman–Crippen MR) is 66.7 cm³/mol. The van der Waals surface area contributed by atoms with E-state index < -0.39 is 17.5 Å². The maximum Gasteiger partial charge on any atom is 0.337 e. The van der Waals surface area contributed by atoms with Crippen molar-refractivity contribution in [1.29, 1.82) is 0 Å². The Bertz CT molecular complexity index is 479. The summed E-state index contributed by atoms with van der Waals surface area (Å²) in [6.45, 7) is 5.33. The third kappa shape index (κ3) is 4.01. The Morgan fingerprint density at radius 2 is 1.94 bits per heavy atom. The number of rotatable bonds is 3. The Morgan fingerprint density at radius 1 is 1.33 bits per heavy atom. The van der Waals surface area contributed by atoms with Crippen molar-refractivity contribution in [3.63, 3.8) is 0 Å². The molecular weight excluding hydrogens is 258 g/mol. The molecule has 1 rings (SSSR count). The maximum absolute atomic E-state index is 11.7. The van der Waals surface area contributed by atoms with Crippen molar-refractivity contribution in [2.24, 2.45) is 0 Å². The monoisotopic (exact) mass is 271 g/mol. The van der Waals surface area contributed by atoms with E-state index in [1.165, 1.54) is 18.2 Å². The molecule has 18 heavy (non-hydrogen) atoms. The van der Waals surface area contributed by atoms with E-state index >= 15 is 0 Å². The first kappa shape index (κ1) is 14.5. The van der Waals surface area contributed by atoms with Crippen LogP contribution in [0.25, 0.3) is 0 Å². The molecule has 1 aromatic rings. The molecule has 0 aliphatic carbocycles. The first-order valence-electron chi connectivity index (χ1n) is 5.22. The van der Waals surface area contributed by atoms with Gasteiger partial charge in [0, 0.05) is 5.56 Å². The molecule has 0 radical (unpaired) electrons. The van der Waals surface area contributed by atoms with Gasteiger partial charge in [-0.3, -0.25) is 9.63 Å². The molecule has 0 bridgehead atoms. The Morgan fingerprint density at radius 3 is 2.44 bits per heavy atom. The molecule has 98 valence electrons. The summed E-state index contributed by atoms with van der Waals surface area (Å²) in [5, 5.41) is 8.96. The van der Waals surface area contributed by atoms with E-state index in [-0.39, 0.29) is 16.1 Å². The van der Waals surface area contributed by atoms with Crippen molar-refractivity contribution in [3.8, 4) is 0 Å². The smallest absolute Gasteiger partial charge is 0.337 e. The molecular formula is C12H14ClNO4. The second kappa shape index (κ2) is 5.37. The van der Waals surface area contributed by atoms with Crippen LogP contribution in [0.1, 0.15) is 41.5 Å². The average molecular weight is 272 g/mol. The summed E-state index contributed by atoms with van der Waals surface area (Å²) in [6, 6.07) is 3.99. The van der Waals surface area contributed by atoms with E-state index in [4.69, 9.17) is 21.5 Å². The van der Waals surface area contributed by atoms with Crippen molar-refractivity contribution in [3.05, 3.63) is 34.3 Å². The van der Waals surface area contributed by atoms with Crippen LogP contribution in [-0.4, -0.2) is 22.6 Å². The van der Waals surface area contributed by atoms with Gasteiger partial charge in [-0.2, -0.15) is 0 Å². The normalized spacial score (nSPS) is 11.1. The van der Waals surface area contributed by atoms with Crippen LogP contribution < -0.4 is 5.48 Å². The minimum Gasteiger partial charge on any atom is -0.478 e. The number of amides is 1. The van der Waals surface area contributed by atoms with Gasteiger partial charge in [0.15, 0.2) is 0 Å². The summed E-state index contributed by atoms with van der Waals surface area (Å²) in [7, 11) is 0. The molecule has 5 nitrogen and oxygen atoms in total. The Balaban J connectivity index is 2.87. The number of carbonyl (C=O) groups is 2. The third-order valence-electron chi connectivity index (χ3n) is 1.91. The summed E-state index contributed by atoms with van der Waals surface area (Å²) < 4.78 is 0. The molecule has 0 aliphatic heterocycles. The molecule has 0 saturated carbocycles. The second-order valence-corrected chi connectivity index (χ2v) is 5.05. The lowest BCUT2D eigenvalue weighted by Gasteiger charge is -2.19. The lowest BCUT2D eigenvalue weighted by atomic mass is 10.1. The summed E-state index contributed by atoms with van der Waals surface area (Å²) in [5.74, 6) is -1.71. The van der Waals surface area contributed by atoms with Crippen molar-refractivity contribution in [1.82, 2.24) is 5.48 Å². The molecule has 0 atom stereocenters. The number of hydrogen-bond acceptors (Lipinski definition) is 3. The molecule has 0 unspecified atom stereocenters. The van der Waals surface area contributed by atoms with Gasteiger partial charge >= 0.3 is 5.97 Å². The fourth-order valence-corrected chi connectivity index (χ4v) is 1.29. The number of hydrogen-bond donors (Lipinski definition) is 2. The molecule has 0 heterocycles. The zero-order valence-electron chi connectivity index (χ0n) is 10.3. The van der Waals surface area contributed by atoms with Gasteiger partial charge in [0.1, 0.15) is 0 Å². The molecule has 0 fully saturated rings. The Kier molecular flexibility index (Phi) is 4.32. The first-order valence-corrected chi connectivity index (χ1v) is 5.60. The number of carboxylic acids is 1. The highest BCUT2D eigenvalue weighted by molar-refractivity contribution is 6.33. The van der Waals surface area contributed by atoms with Gasteiger partial charge in [-0.05, 0) is 39.0 Å². The van der Waals surface area contributed by atoms with E-state index in [1.54, 1.807) is 20.8 Å². The maximum atomic E-state index is 11.7. The van der Waals surface area contributed by atoms with Gasteiger partial charge in [-0.1, -0.05) is 11.6 Å². The number of nitrogens with one attached hydrogen (secondary N) is 1. The number of carbonyl (C=O) groups excluding carboxylic acids is 1. The van der Waals surface area contributed by atoms with Crippen LogP contribution in [0, 0.1) is 0 Å². The topological polar surface area (TPSA) is 75.6 Å². The van der Waals surface area contributed by atoms with Crippen molar-refractivity contribution >= 4 is 23.5 Å². The highest BCUT2D eigenvalue weighted by atomic mass is 35.5. The zero-order valence-corrected chi connectivity index (χ0v) is 11.0. The van der Waals surface area contributed by atoms with Crippen LogP contribution in [0.5, 0.6) is 0 Å². The van der Waals surface area contributed by atoms with Crippen molar-refractivity contribution in [2.75, 3.05) is 0 Å². The number of carboxylic acid groups (broad SMARTS) is 1. The summed E-state index contributed by atoms with van der Waals surface area (Å²) in [5.41, 5.74) is 1.76. The fourth-order valence-electron chi connectivity index (χ4n) is 1.09. The van der Waals surface area contributed by atoms with E-state index in [0.717, 1.165) is 0 Å². The molecule has 0 aromatic heterocycles. The Labute approximate surface area is 110 Å². The number of hydroxylamine groups is 1. The molecule has 6 heteroatoms. The first-order chi connectivity index (χ1) is 8.20. The molecule has 0 aliphatic rings. The standard InChI is InChI=1S/C12H14ClNO4/c1-12(2,3)18-14-10(15)7-4-5-9(13)8(6-7)11(16)17/h4-6H,1-3H3,(H,14,15)(H,16,17). The minimum atomic E-state index is -1.19. The second-order valence-electron chi connectivity index (χ2n) is 4.65. The van der Waals surface area contributed by atoms with Crippen molar-refractivity contribution < 1.29 is 19.5 Å². The molecule has 1 amide bonds.